The predicted octanol–water partition coefficient (Wildman–Crippen LogP) is 3.14. The number of hydrogen-bond donors (Lipinski definition) is 1. The molecule has 1 saturated carbocycles. The zero-order valence-electron chi connectivity index (χ0n) is 11.0. The van der Waals surface area contributed by atoms with Crippen LogP contribution in [0.2, 0.25) is 5.02 Å². The molecule has 1 fully saturated rings. The second-order valence-corrected chi connectivity index (χ2v) is 5.67. The number of ether oxygens (including phenoxy) is 1. The molecule has 2 rings (SSSR count). The molecule has 2 nitrogen and oxygen atoms in total. The minimum absolute atomic E-state index is 0.537. The van der Waals surface area contributed by atoms with Crippen LogP contribution in [0.15, 0.2) is 24.3 Å². The summed E-state index contributed by atoms with van der Waals surface area (Å²) in [5, 5.41) is 4.05. The van der Waals surface area contributed by atoms with Crippen molar-refractivity contribution in [2.75, 3.05) is 26.8 Å². The van der Waals surface area contributed by atoms with E-state index in [1.165, 1.54) is 18.4 Å². The Bertz CT molecular complexity index is 348. The van der Waals surface area contributed by atoms with Crippen LogP contribution in [-0.4, -0.2) is 26.8 Å². The first-order valence-corrected chi connectivity index (χ1v) is 7.12. The van der Waals surface area contributed by atoms with Crippen LogP contribution in [0.3, 0.4) is 0 Å². The van der Waals surface area contributed by atoms with E-state index < -0.39 is 0 Å². The van der Waals surface area contributed by atoms with Gasteiger partial charge in [-0.2, -0.15) is 0 Å². The molecule has 100 valence electrons. The lowest BCUT2D eigenvalue weighted by molar-refractivity contribution is 0.0913. The van der Waals surface area contributed by atoms with Crippen molar-refractivity contribution in [3.05, 3.63) is 34.9 Å². The fraction of sp³-hybridized carbons (Fsp3) is 0.600. The fourth-order valence-corrected chi connectivity index (χ4v) is 2.24. The molecule has 1 aliphatic carbocycles. The first kappa shape index (κ1) is 13.9. The Kier molecular flexibility index (Phi) is 5.48. The smallest absolute Gasteiger partial charge is 0.0509 e. The van der Waals surface area contributed by atoms with Gasteiger partial charge in [0.05, 0.1) is 6.61 Å². The molecule has 0 spiro atoms. The molecule has 0 radical (unpaired) electrons. The summed E-state index contributed by atoms with van der Waals surface area (Å²) in [6, 6.07) is 8.12. The van der Waals surface area contributed by atoms with Gasteiger partial charge in [0, 0.05) is 18.2 Å². The SMILES string of the molecule is CNCC(COCC1CC1)Cc1ccc(Cl)cc1. The van der Waals surface area contributed by atoms with Gasteiger partial charge < -0.3 is 10.1 Å². The highest BCUT2D eigenvalue weighted by Gasteiger charge is 2.21. The first-order chi connectivity index (χ1) is 8.78. The summed E-state index contributed by atoms with van der Waals surface area (Å²) >= 11 is 5.90. The Morgan fingerprint density at radius 2 is 2.06 bits per heavy atom. The van der Waals surface area contributed by atoms with E-state index >= 15 is 0 Å². The van der Waals surface area contributed by atoms with Crippen LogP contribution in [0.4, 0.5) is 0 Å². The molecule has 1 atom stereocenters. The zero-order valence-corrected chi connectivity index (χ0v) is 11.7. The van der Waals surface area contributed by atoms with Crippen LogP contribution < -0.4 is 5.32 Å². The number of nitrogens with one attached hydrogen (secondary N) is 1. The van der Waals surface area contributed by atoms with Gasteiger partial charge in [-0.1, -0.05) is 23.7 Å². The highest BCUT2D eigenvalue weighted by atomic mass is 35.5. The summed E-state index contributed by atoms with van der Waals surface area (Å²) in [5.41, 5.74) is 1.33. The number of benzene rings is 1. The van der Waals surface area contributed by atoms with E-state index in [0.29, 0.717) is 5.92 Å². The molecule has 1 aromatic carbocycles. The predicted molar refractivity (Wildman–Crippen MR) is 76.1 cm³/mol. The highest BCUT2D eigenvalue weighted by molar-refractivity contribution is 6.30. The van der Waals surface area contributed by atoms with Gasteiger partial charge in [0.2, 0.25) is 0 Å². The Morgan fingerprint density at radius 1 is 1.33 bits per heavy atom. The maximum Gasteiger partial charge on any atom is 0.0509 e. The zero-order chi connectivity index (χ0) is 12.8. The van der Waals surface area contributed by atoms with E-state index in [9.17, 15) is 0 Å². The fourth-order valence-electron chi connectivity index (χ4n) is 2.12. The quantitative estimate of drug-likeness (QED) is 0.781. The van der Waals surface area contributed by atoms with Crippen molar-refractivity contribution in [3.63, 3.8) is 0 Å². The van der Waals surface area contributed by atoms with Gasteiger partial charge in [0.25, 0.3) is 0 Å². The van der Waals surface area contributed by atoms with Gasteiger partial charge in [0.15, 0.2) is 0 Å². The minimum Gasteiger partial charge on any atom is -0.381 e. The summed E-state index contributed by atoms with van der Waals surface area (Å²) in [5.74, 6) is 1.38. The normalized spacial score (nSPS) is 16.8. The summed E-state index contributed by atoms with van der Waals surface area (Å²) in [4.78, 5) is 0. The molecule has 0 saturated heterocycles. The molecule has 0 bridgehead atoms. The maximum absolute atomic E-state index is 5.90. The van der Waals surface area contributed by atoms with E-state index in [4.69, 9.17) is 16.3 Å². The van der Waals surface area contributed by atoms with Crippen molar-refractivity contribution in [3.8, 4) is 0 Å². The molecule has 0 heterocycles. The Morgan fingerprint density at radius 3 is 2.67 bits per heavy atom. The van der Waals surface area contributed by atoms with Crippen LogP contribution in [0, 0.1) is 11.8 Å². The van der Waals surface area contributed by atoms with Crippen LogP contribution in [0.1, 0.15) is 18.4 Å². The van der Waals surface area contributed by atoms with Crippen molar-refractivity contribution >= 4 is 11.6 Å². The van der Waals surface area contributed by atoms with Crippen molar-refractivity contribution < 1.29 is 4.74 Å². The van der Waals surface area contributed by atoms with Gasteiger partial charge in [-0.25, -0.2) is 0 Å². The van der Waals surface area contributed by atoms with E-state index in [1.807, 2.05) is 19.2 Å². The van der Waals surface area contributed by atoms with Crippen LogP contribution in [0.25, 0.3) is 0 Å². The van der Waals surface area contributed by atoms with Crippen LogP contribution in [-0.2, 0) is 11.2 Å². The lowest BCUT2D eigenvalue weighted by atomic mass is 10.00. The van der Waals surface area contributed by atoms with Gasteiger partial charge in [-0.05, 0) is 55.8 Å². The summed E-state index contributed by atoms with van der Waals surface area (Å²) < 4.78 is 5.80. The van der Waals surface area contributed by atoms with Gasteiger partial charge in [0.1, 0.15) is 0 Å². The molecular formula is C15H22ClNO. The van der Waals surface area contributed by atoms with Gasteiger partial charge >= 0.3 is 0 Å². The lowest BCUT2D eigenvalue weighted by Crippen LogP contribution is -2.25. The van der Waals surface area contributed by atoms with Crippen LogP contribution in [0.5, 0.6) is 0 Å². The third-order valence-electron chi connectivity index (χ3n) is 3.33. The molecule has 0 aliphatic heterocycles. The monoisotopic (exact) mass is 267 g/mol. The highest BCUT2D eigenvalue weighted by Crippen LogP contribution is 2.29. The third kappa shape index (κ3) is 4.97. The number of rotatable bonds is 8. The molecule has 18 heavy (non-hydrogen) atoms. The maximum atomic E-state index is 5.90. The molecular weight excluding hydrogens is 246 g/mol. The van der Waals surface area contributed by atoms with E-state index in [-0.39, 0.29) is 0 Å². The van der Waals surface area contributed by atoms with Gasteiger partial charge in [-0.15, -0.1) is 0 Å². The van der Waals surface area contributed by atoms with Gasteiger partial charge in [-0.3, -0.25) is 0 Å². The topological polar surface area (TPSA) is 21.3 Å². The molecule has 0 aromatic heterocycles. The Hall–Kier alpha value is -0.570. The number of hydrogen-bond acceptors (Lipinski definition) is 2. The lowest BCUT2D eigenvalue weighted by Gasteiger charge is -2.17. The van der Waals surface area contributed by atoms with Crippen molar-refractivity contribution in [1.29, 1.82) is 0 Å². The molecule has 1 aromatic rings. The van der Waals surface area contributed by atoms with Crippen molar-refractivity contribution in [2.24, 2.45) is 11.8 Å². The molecule has 1 aliphatic rings. The first-order valence-electron chi connectivity index (χ1n) is 6.74. The number of halogens is 1. The molecule has 1 unspecified atom stereocenters. The Balaban J connectivity index is 1.78. The molecule has 3 heteroatoms. The van der Waals surface area contributed by atoms with Crippen LogP contribution >= 0.6 is 11.6 Å². The van der Waals surface area contributed by atoms with Crippen molar-refractivity contribution in [1.82, 2.24) is 5.32 Å². The summed E-state index contributed by atoms with van der Waals surface area (Å²) in [6.45, 7) is 2.79. The largest absolute Gasteiger partial charge is 0.381 e. The van der Waals surface area contributed by atoms with E-state index in [0.717, 1.165) is 37.1 Å². The second kappa shape index (κ2) is 7.13. The molecule has 0 amide bonds. The average molecular weight is 268 g/mol. The Labute approximate surface area is 115 Å². The summed E-state index contributed by atoms with van der Waals surface area (Å²) in [6.07, 6.45) is 3.75. The minimum atomic E-state index is 0.537. The van der Waals surface area contributed by atoms with Crippen molar-refractivity contribution in [2.45, 2.75) is 19.3 Å². The average Bonchev–Trinajstić information content (AvgIpc) is 3.16. The standard InChI is InChI=1S/C15H22ClNO/c1-17-9-14(11-18-10-13-2-3-13)8-12-4-6-15(16)7-5-12/h4-7,13-14,17H,2-3,8-11H2,1H3. The summed E-state index contributed by atoms with van der Waals surface area (Å²) in [7, 11) is 2.00. The van der Waals surface area contributed by atoms with E-state index in [1.54, 1.807) is 0 Å². The third-order valence-corrected chi connectivity index (χ3v) is 3.59. The van der Waals surface area contributed by atoms with E-state index in [2.05, 4.69) is 17.4 Å². The second-order valence-electron chi connectivity index (χ2n) is 5.24. The molecule has 1 N–H and O–H groups in total.